The summed E-state index contributed by atoms with van der Waals surface area (Å²) in [6.45, 7) is 19.9. The highest BCUT2D eigenvalue weighted by molar-refractivity contribution is 5.85. The fraction of sp³-hybridized carbons (Fsp3) is 0.667. The Balaban J connectivity index is 0.00000840. The van der Waals surface area contributed by atoms with Crippen molar-refractivity contribution in [1.29, 1.82) is 0 Å². The van der Waals surface area contributed by atoms with Gasteiger partial charge in [-0.3, -0.25) is 0 Å². The van der Waals surface area contributed by atoms with Crippen LogP contribution in [0.1, 0.15) is 109 Å². The van der Waals surface area contributed by atoms with Crippen LogP contribution in [0.4, 0.5) is 0 Å². The molecular formula is C36H63ClN4. The Bertz CT molecular complexity index is 834. The van der Waals surface area contributed by atoms with Gasteiger partial charge in [0, 0.05) is 6.04 Å². The van der Waals surface area contributed by atoms with Crippen LogP contribution in [-0.4, -0.2) is 45.3 Å². The maximum atomic E-state index is 5.54. The zero-order chi connectivity index (χ0) is 29.3. The highest BCUT2D eigenvalue weighted by Gasteiger charge is 2.14. The lowest BCUT2D eigenvalue weighted by molar-refractivity contribution is 0.424. The molecule has 0 aliphatic rings. The molecule has 0 radical (unpaired) electrons. The lowest BCUT2D eigenvalue weighted by Crippen LogP contribution is -2.32. The molecule has 0 aliphatic carbocycles. The van der Waals surface area contributed by atoms with Crippen molar-refractivity contribution in [1.82, 2.24) is 16.0 Å². The van der Waals surface area contributed by atoms with Crippen molar-refractivity contribution in [2.45, 2.75) is 116 Å². The summed E-state index contributed by atoms with van der Waals surface area (Å²) in [6, 6.07) is 19.2. The highest BCUT2D eigenvalue weighted by Crippen LogP contribution is 2.24. The van der Waals surface area contributed by atoms with Crippen LogP contribution < -0.4 is 21.7 Å². The molecule has 2 aromatic rings. The van der Waals surface area contributed by atoms with Gasteiger partial charge in [-0.2, -0.15) is 0 Å². The van der Waals surface area contributed by atoms with Gasteiger partial charge in [0.15, 0.2) is 0 Å². The van der Waals surface area contributed by atoms with Gasteiger partial charge in [-0.1, -0.05) is 90.1 Å². The van der Waals surface area contributed by atoms with E-state index in [-0.39, 0.29) is 23.2 Å². The third-order valence-electron chi connectivity index (χ3n) is 7.90. The summed E-state index contributed by atoms with van der Waals surface area (Å²) < 4.78 is 0. The van der Waals surface area contributed by atoms with Gasteiger partial charge in [0.2, 0.25) is 0 Å². The Hall–Kier alpha value is -1.43. The van der Waals surface area contributed by atoms with Crippen LogP contribution in [0.2, 0.25) is 0 Å². The van der Waals surface area contributed by atoms with Crippen LogP contribution in [0, 0.1) is 0 Å². The first-order valence-electron chi connectivity index (χ1n) is 16.1. The van der Waals surface area contributed by atoms with E-state index < -0.39 is 0 Å². The SMILES string of the molecule is CC(C)(C)c1ccc(CCCC(CCCc2ccc(C(C)(C)C)cc2)NCCCNCCCNCCCN)cc1.Cl. The number of aryl methyl sites for hydroxylation is 2. The third kappa shape index (κ3) is 16.7. The Kier molecular flexibility index (Phi) is 18.8. The van der Waals surface area contributed by atoms with Gasteiger partial charge >= 0.3 is 0 Å². The van der Waals surface area contributed by atoms with Crippen LogP contribution in [0.5, 0.6) is 0 Å². The smallest absolute Gasteiger partial charge is 0.00672 e. The number of nitrogens with one attached hydrogen (secondary N) is 3. The first-order chi connectivity index (χ1) is 19.1. The van der Waals surface area contributed by atoms with Crippen LogP contribution in [0.15, 0.2) is 48.5 Å². The van der Waals surface area contributed by atoms with Crippen molar-refractivity contribution in [3.63, 3.8) is 0 Å². The normalized spacial score (nSPS) is 12.1. The van der Waals surface area contributed by atoms with Crippen molar-refractivity contribution in [2.24, 2.45) is 5.73 Å². The van der Waals surface area contributed by atoms with Gasteiger partial charge in [0.25, 0.3) is 0 Å². The standard InChI is InChI=1S/C36H62N4.ClH/c1-35(2,3)32-20-16-30(17-21-32)12-7-14-34(40-29-11-28-39-27-10-26-38-25-9-24-37)15-8-13-31-18-22-33(23-19-31)36(4,5)6;/h16-23,34,38-40H,7-15,24-29,37H2,1-6H3;1H. The average Bonchev–Trinajstić information content (AvgIpc) is 2.91. The Morgan fingerprint density at radius 2 is 0.951 bits per heavy atom. The fourth-order valence-electron chi connectivity index (χ4n) is 5.13. The first kappa shape index (κ1) is 37.6. The second-order valence-electron chi connectivity index (χ2n) is 13.7. The molecule has 41 heavy (non-hydrogen) atoms. The zero-order valence-corrected chi connectivity index (χ0v) is 28.1. The predicted molar refractivity (Wildman–Crippen MR) is 184 cm³/mol. The molecule has 0 saturated carbocycles. The molecule has 234 valence electrons. The molecule has 5 heteroatoms. The molecule has 4 nitrogen and oxygen atoms in total. The van der Waals surface area contributed by atoms with E-state index in [9.17, 15) is 0 Å². The minimum absolute atomic E-state index is 0. The number of hydrogen-bond acceptors (Lipinski definition) is 4. The topological polar surface area (TPSA) is 62.1 Å². The van der Waals surface area contributed by atoms with Crippen LogP contribution in [0.3, 0.4) is 0 Å². The largest absolute Gasteiger partial charge is 0.330 e. The van der Waals surface area contributed by atoms with E-state index in [0.717, 1.165) is 58.5 Å². The molecule has 0 aromatic heterocycles. The van der Waals surface area contributed by atoms with E-state index in [1.165, 1.54) is 60.8 Å². The van der Waals surface area contributed by atoms with E-state index in [2.05, 4.69) is 106 Å². The summed E-state index contributed by atoms with van der Waals surface area (Å²) in [7, 11) is 0. The van der Waals surface area contributed by atoms with Crippen LogP contribution in [0.25, 0.3) is 0 Å². The monoisotopic (exact) mass is 586 g/mol. The summed E-state index contributed by atoms with van der Waals surface area (Å²) in [5.74, 6) is 0. The third-order valence-corrected chi connectivity index (χ3v) is 7.90. The summed E-state index contributed by atoms with van der Waals surface area (Å²) in [5, 5.41) is 11.0. The van der Waals surface area contributed by atoms with Crippen molar-refractivity contribution in [3.05, 3.63) is 70.8 Å². The zero-order valence-electron chi connectivity index (χ0n) is 27.3. The van der Waals surface area contributed by atoms with Crippen molar-refractivity contribution in [2.75, 3.05) is 39.3 Å². The quantitative estimate of drug-likeness (QED) is 0.123. The molecule has 2 rings (SSSR count). The van der Waals surface area contributed by atoms with Crippen LogP contribution >= 0.6 is 12.4 Å². The molecule has 0 amide bonds. The van der Waals surface area contributed by atoms with Gasteiger partial charge in [0.05, 0.1) is 0 Å². The van der Waals surface area contributed by atoms with Gasteiger partial charge < -0.3 is 21.7 Å². The number of nitrogens with two attached hydrogens (primary N) is 1. The van der Waals surface area contributed by atoms with Crippen molar-refractivity contribution >= 4 is 12.4 Å². The number of hydrogen-bond donors (Lipinski definition) is 4. The molecular weight excluding hydrogens is 524 g/mol. The molecule has 0 unspecified atom stereocenters. The Labute approximate surface area is 259 Å². The van der Waals surface area contributed by atoms with Gasteiger partial charge in [0.1, 0.15) is 0 Å². The summed E-state index contributed by atoms with van der Waals surface area (Å²) in [5.41, 5.74) is 11.7. The molecule has 5 N–H and O–H groups in total. The number of benzene rings is 2. The molecule has 0 aliphatic heterocycles. The second kappa shape index (κ2) is 20.5. The Morgan fingerprint density at radius 1 is 0.561 bits per heavy atom. The summed E-state index contributed by atoms with van der Waals surface area (Å²) >= 11 is 0. The number of rotatable bonds is 20. The van der Waals surface area contributed by atoms with Gasteiger partial charge in [-0.05, 0) is 130 Å². The fourth-order valence-corrected chi connectivity index (χ4v) is 5.13. The summed E-state index contributed by atoms with van der Waals surface area (Å²) in [6.07, 6.45) is 10.7. The van der Waals surface area contributed by atoms with E-state index in [1.807, 2.05) is 0 Å². The van der Waals surface area contributed by atoms with Crippen molar-refractivity contribution < 1.29 is 0 Å². The Morgan fingerprint density at radius 3 is 1.34 bits per heavy atom. The minimum Gasteiger partial charge on any atom is -0.330 e. The maximum absolute atomic E-state index is 5.54. The molecule has 2 aromatic carbocycles. The lowest BCUT2D eigenvalue weighted by atomic mass is 9.86. The highest BCUT2D eigenvalue weighted by atomic mass is 35.5. The molecule has 0 fully saturated rings. The molecule has 0 saturated heterocycles. The minimum atomic E-state index is 0. The van der Waals surface area contributed by atoms with E-state index in [1.54, 1.807) is 0 Å². The summed E-state index contributed by atoms with van der Waals surface area (Å²) in [4.78, 5) is 0. The van der Waals surface area contributed by atoms with E-state index >= 15 is 0 Å². The number of halogens is 1. The van der Waals surface area contributed by atoms with Crippen molar-refractivity contribution in [3.8, 4) is 0 Å². The van der Waals surface area contributed by atoms with Gasteiger partial charge in [-0.25, -0.2) is 0 Å². The van der Waals surface area contributed by atoms with Gasteiger partial charge in [-0.15, -0.1) is 12.4 Å². The predicted octanol–water partition coefficient (Wildman–Crippen LogP) is 7.32. The van der Waals surface area contributed by atoms with Crippen LogP contribution in [-0.2, 0) is 23.7 Å². The molecule has 0 bridgehead atoms. The molecule has 0 atom stereocenters. The molecule has 0 heterocycles. The average molecular weight is 587 g/mol. The maximum Gasteiger partial charge on any atom is 0.00672 e. The first-order valence-corrected chi connectivity index (χ1v) is 16.1. The van der Waals surface area contributed by atoms with E-state index in [4.69, 9.17) is 5.73 Å². The lowest BCUT2D eigenvalue weighted by Gasteiger charge is -2.21. The van der Waals surface area contributed by atoms with E-state index in [0.29, 0.717) is 6.04 Å². The molecule has 0 spiro atoms. The second-order valence-corrected chi connectivity index (χ2v) is 13.7.